The number of benzene rings is 2. The molecule has 1 saturated heterocycles. The molecule has 4 nitrogen and oxygen atoms in total. The molecule has 0 bridgehead atoms. The topological polar surface area (TPSA) is 41.6 Å². The molecule has 1 heterocycles. The first-order chi connectivity index (χ1) is 14.1. The van der Waals surface area contributed by atoms with Crippen LogP contribution >= 0.6 is 0 Å². The Morgan fingerprint density at radius 2 is 1.79 bits per heavy atom. The Labute approximate surface area is 173 Å². The zero-order valence-corrected chi connectivity index (χ0v) is 17.4. The molecule has 156 valence electrons. The molecule has 3 rings (SSSR count). The van der Waals surface area contributed by atoms with Gasteiger partial charge in [-0.1, -0.05) is 56.3 Å². The van der Waals surface area contributed by atoms with E-state index in [1.165, 1.54) is 6.07 Å². The number of amides is 1. The lowest BCUT2D eigenvalue weighted by Crippen LogP contribution is -2.48. The lowest BCUT2D eigenvalue weighted by Gasteiger charge is -2.39. The first kappa shape index (κ1) is 21.5. The molecule has 0 radical (unpaired) electrons. The molecule has 1 atom stereocenters. The second-order valence-corrected chi connectivity index (χ2v) is 7.66. The standard InChI is InChI=1S/C24H31FN2O2/c1-3-27(4-2)22(19-9-6-5-7-10-19)23(28)26-18-24(13-15-29-16-14-24)20-11-8-12-21(25)17-20/h5-12,17,22H,3-4,13-16,18H2,1-2H3,(H,26,28). The van der Waals surface area contributed by atoms with E-state index in [-0.39, 0.29) is 23.2 Å². The summed E-state index contributed by atoms with van der Waals surface area (Å²) in [6, 6.07) is 16.3. The highest BCUT2D eigenvalue weighted by atomic mass is 19.1. The van der Waals surface area contributed by atoms with Crippen LogP contribution in [0.25, 0.3) is 0 Å². The quantitative estimate of drug-likeness (QED) is 0.729. The van der Waals surface area contributed by atoms with E-state index >= 15 is 0 Å². The molecule has 1 N–H and O–H groups in total. The van der Waals surface area contributed by atoms with Gasteiger partial charge in [-0.3, -0.25) is 9.69 Å². The molecular weight excluding hydrogens is 367 g/mol. The van der Waals surface area contributed by atoms with E-state index < -0.39 is 0 Å². The Morgan fingerprint density at radius 3 is 2.41 bits per heavy atom. The van der Waals surface area contributed by atoms with E-state index in [2.05, 4.69) is 24.1 Å². The number of likely N-dealkylation sites (N-methyl/N-ethyl adjacent to an activating group) is 1. The molecule has 1 aliphatic rings. The lowest BCUT2D eigenvalue weighted by molar-refractivity contribution is -0.127. The summed E-state index contributed by atoms with van der Waals surface area (Å²) in [5.74, 6) is -0.257. The van der Waals surface area contributed by atoms with Crippen molar-refractivity contribution < 1.29 is 13.9 Å². The minimum Gasteiger partial charge on any atom is -0.381 e. The van der Waals surface area contributed by atoms with Gasteiger partial charge in [0.25, 0.3) is 0 Å². The second-order valence-electron chi connectivity index (χ2n) is 7.66. The van der Waals surface area contributed by atoms with Crippen LogP contribution in [0.2, 0.25) is 0 Å². The third-order valence-electron chi connectivity index (χ3n) is 6.03. The number of halogens is 1. The van der Waals surface area contributed by atoms with Crippen molar-refractivity contribution in [3.63, 3.8) is 0 Å². The molecule has 0 aromatic heterocycles. The smallest absolute Gasteiger partial charge is 0.241 e. The molecule has 29 heavy (non-hydrogen) atoms. The van der Waals surface area contributed by atoms with E-state index in [1.807, 2.05) is 36.4 Å². The van der Waals surface area contributed by atoms with Crippen LogP contribution in [-0.2, 0) is 14.9 Å². The summed E-state index contributed by atoms with van der Waals surface area (Å²) in [5, 5.41) is 3.20. The van der Waals surface area contributed by atoms with Gasteiger partial charge >= 0.3 is 0 Å². The van der Waals surface area contributed by atoms with Crippen LogP contribution in [-0.4, -0.2) is 43.7 Å². The van der Waals surface area contributed by atoms with Crippen LogP contribution in [0.1, 0.15) is 43.9 Å². The van der Waals surface area contributed by atoms with Gasteiger partial charge in [0.05, 0.1) is 0 Å². The van der Waals surface area contributed by atoms with Gasteiger partial charge in [0.15, 0.2) is 0 Å². The number of rotatable bonds is 8. The summed E-state index contributed by atoms with van der Waals surface area (Å²) >= 11 is 0. The normalized spacial score (nSPS) is 17.1. The monoisotopic (exact) mass is 398 g/mol. The van der Waals surface area contributed by atoms with Crippen molar-refractivity contribution in [1.82, 2.24) is 10.2 Å². The summed E-state index contributed by atoms with van der Waals surface area (Å²) in [4.78, 5) is 15.5. The van der Waals surface area contributed by atoms with E-state index in [0.29, 0.717) is 19.8 Å². The first-order valence-electron chi connectivity index (χ1n) is 10.5. The molecule has 2 aromatic carbocycles. The van der Waals surface area contributed by atoms with Crippen LogP contribution < -0.4 is 5.32 Å². The zero-order chi connectivity index (χ0) is 20.7. The van der Waals surface area contributed by atoms with Crippen LogP contribution in [0, 0.1) is 5.82 Å². The van der Waals surface area contributed by atoms with Crippen molar-refractivity contribution in [3.05, 3.63) is 71.5 Å². The number of nitrogens with zero attached hydrogens (tertiary/aromatic N) is 1. The van der Waals surface area contributed by atoms with Crippen molar-refractivity contribution >= 4 is 5.91 Å². The van der Waals surface area contributed by atoms with E-state index in [4.69, 9.17) is 4.74 Å². The van der Waals surface area contributed by atoms with Crippen LogP contribution in [0.4, 0.5) is 4.39 Å². The average Bonchev–Trinajstić information content (AvgIpc) is 2.77. The van der Waals surface area contributed by atoms with Gasteiger partial charge in [-0.2, -0.15) is 0 Å². The van der Waals surface area contributed by atoms with Crippen LogP contribution in [0.3, 0.4) is 0 Å². The van der Waals surface area contributed by atoms with Gasteiger partial charge in [0.1, 0.15) is 11.9 Å². The van der Waals surface area contributed by atoms with E-state index in [9.17, 15) is 9.18 Å². The molecule has 1 unspecified atom stereocenters. The number of nitrogens with one attached hydrogen (secondary N) is 1. The summed E-state index contributed by atoms with van der Waals surface area (Å²) < 4.78 is 19.5. The molecule has 0 saturated carbocycles. The fourth-order valence-corrected chi connectivity index (χ4v) is 4.25. The van der Waals surface area contributed by atoms with Gasteiger partial charge in [-0.05, 0) is 49.2 Å². The van der Waals surface area contributed by atoms with Gasteiger partial charge in [-0.25, -0.2) is 4.39 Å². The van der Waals surface area contributed by atoms with Crippen molar-refractivity contribution in [2.24, 2.45) is 0 Å². The van der Waals surface area contributed by atoms with Crippen LogP contribution in [0.15, 0.2) is 54.6 Å². The fourth-order valence-electron chi connectivity index (χ4n) is 4.25. The van der Waals surface area contributed by atoms with Crippen molar-refractivity contribution in [1.29, 1.82) is 0 Å². The van der Waals surface area contributed by atoms with Gasteiger partial charge in [0.2, 0.25) is 5.91 Å². The molecule has 5 heteroatoms. The van der Waals surface area contributed by atoms with Crippen molar-refractivity contribution in [3.8, 4) is 0 Å². The van der Waals surface area contributed by atoms with E-state index in [1.54, 1.807) is 12.1 Å². The first-order valence-corrected chi connectivity index (χ1v) is 10.5. The second kappa shape index (κ2) is 9.99. The SMILES string of the molecule is CCN(CC)C(C(=O)NCC1(c2cccc(F)c2)CCOCC1)c1ccccc1. The summed E-state index contributed by atoms with van der Waals surface area (Å²) in [7, 11) is 0. The van der Waals surface area contributed by atoms with Gasteiger partial charge in [-0.15, -0.1) is 0 Å². The van der Waals surface area contributed by atoms with Gasteiger partial charge < -0.3 is 10.1 Å². The highest BCUT2D eigenvalue weighted by Gasteiger charge is 2.36. The number of carbonyl (C=O) groups is 1. The van der Waals surface area contributed by atoms with Crippen molar-refractivity contribution in [2.75, 3.05) is 32.8 Å². The third-order valence-corrected chi connectivity index (χ3v) is 6.03. The highest BCUT2D eigenvalue weighted by molar-refractivity contribution is 5.83. The Morgan fingerprint density at radius 1 is 1.10 bits per heavy atom. The summed E-state index contributed by atoms with van der Waals surface area (Å²) in [6.07, 6.45) is 1.52. The summed E-state index contributed by atoms with van der Waals surface area (Å²) in [5.41, 5.74) is 1.61. The Kier molecular flexibility index (Phi) is 7.40. The maximum atomic E-state index is 13.9. The predicted octanol–water partition coefficient (Wildman–Crippen LogP) is 4.07. The molecule has 1 aliphatic heterocycles. The third kappa shape index (κ3) is 5.03. The average molecular weight is 399 g/mol. The maximum Gasteiger partial charge on any atom is 0.241 e. The van der Waals surface area contributed by atoms with Crippen LogP contribution in [0.5, 0.6) is 0 Å². The molecule has 2 aromatic rings. The van der Waals surface area contributed by atoms with Crippen molar-refractivity contribution in [2.45, 2.75) is 38.1 Å². The minimum atomic E-state index is -0.337. The Bertz CT molecular complexity index is 786. The van der Waals surface area contributed by atoms with Gasteiger partial charge in [0, 0.05) is 25.2 Å². The molecular formula is C24H31FN2O2. The number of carbonyl (C=O) groups excluding carboxylic acids is 1. The number of hydrogen-bond acceptors (Lipinski definition) is 3. The Hall–Kier alpha value is -2.24. The zero-order valence-electron chi connectivity index (χ0n) is 17.4. The lowest BCUT2D eigenvalue weighted by atomic mass is 9.74. The molecule has 1 fully saturated rings. The Balaban J connectivity index is 1.82. The molecule has 0 spiro atoms. The largest absolute Gasteiger partial charge is 0.381 e. The summed E-state index contributed by atoms with van der Waals surface area (Å²) in [6.45, 7) is 7.41. The number of hydrogen-bond donors (Lipinski definition) is 1. The van der Waals surface area contributed by atoms with E-state index in [0.717, 1.165) is 37.1 Å². The fraction of sp³-hybridized carbons (Fsp3) is 0.458. The molecule has 1 amide bonds. The number of ether oxygens (including phenoxy) is 1. The highest BCUT2D eigenvalue weighted by Crippen LogP contribution is 2.35. The minimum absolute atomic E-state index is 0.0119. The predicted molar refractivity (Wildman–Crippen MR) is 113 cm³/mol. The maximum absolute atomic E-state index is 13.9. The molecule has 0 aliphatic carbocycles.